The Labute approximate surface area is 106 Å². The largest absolute Gasteiger partial charge is 0.508 e. The number of amides is 1. The summed E-state index contributed by atoms with van der Waals surface area (Å²) in [6.45, 7) is 2.83. The summed E-state index contributed by atoms with van der Waals surface area (Å²) in [6.07, 6.45) is 3.80. The van der Waals surface area contributed by atoms with E-state index in [1.165, 1.54) is 0 Å². The van der Waals surface area contributed by atoms with Gasteiger partial charge in [0.15, 0.2) is 0 Å². The molecule has 0 radical (unpaired) electrons. The van der Waals surface area contributed by atoms with Crippen LogP contribution in [0.3, 0.4) is 0 Å². The second-order valence-corrected chi connectivity index (χ2v) is 4.49. The van der Waals surface area contributed by atoms with Gasteiger partial charge in [0, 0.05) is 31.2 Å². The van der Waals surface area contributed by atoms with Crippen LogP contribution in [-0.4, -0.2) is 41.1 Å². The molecule has 18 heavy (non-hydrogen) atoms. The number of phenolic OH excluding ortho intramolecular Hbond substituents is 1. The number of benzene rings is 1. The number of nitrogens with one attached hydrogen (secondary N) is 1. The highest BCUT2D eigenvalue weighted by molar-refractivity contribution is 5.92. The van der Waals surface area contributed by atoms with E-state index in [1.54, 1.807) is 18.2 Å². The number of phenols is 1. The molecular formula is C13H17N3O2. The van der Waals surface area contributed by atoms with E-state index in [4.69, 9.17) is 0 Å². The maximum absolute atomic E-state index is 11.8. The van der Waals surface area contributed by atoms with Gasteiger partial charge in [-0.25, -0.2) is 0 Å². The molecule has 96 valence electrons. The van der Waals surface area contributed by atoms with Crippen molar-refractivity contribution in [1.29, 1.82) is 0 Å². The third-order valence-corrected chi connectivity index (χ3v) is 2.78. The predicted octanol–water partition coefficient (Wildman–Crippen LogP) is 1.32. The summed E-state index contributed by atoms with van der Waals surface area (Å²) >= 11 is 0. The van der Waals surface area contributed by atoms with Gasteiger partial charge in [0.1, 0.15) is 5.75 Å². The summed E-state index contributed by atoms with van der Waals surface area (Å²) in [6, 6.07) is 5.10. The molecule has 0 fully saturated rings. The number of hydrogen-bond donors (Lipinski definition) is 2. The van der Waals surface area contributed by atoms with Crippen molar-refractivity contribution in [2.24, 2.45) is 0 Å². The SMILES string of the molecule is Cc1ccc(NC(=O)CN2C=CN(C)C2)cc1O. The van der Waals surface area contributed by atoms with Crippen LogP contribution in [0.25, 0.3) is 0 Å². The van der Waals surface area contributed by atoms with E-state index in [0.29, 0.717) is 18.9 Å². The minimum absolute atomic E-state index is 0.0989. The number of hydrogen-bond acceptors (Lipinski definition) is 4. The van der Waals surface area contributed by atoms with E-state index in [9.17, 15) is 9.90 Å². The molecule has 5 heteroatoms. The molecule has 0 bridgehead atoms. The highest BCUT2D eigenvalue weighted by Crippen LogP contribution is 2.20. The molecule has 0 saturated carbocycles. The van der Waals surface area contributed by atoms with Gasteiger partial charge in [-0.2, -0.15) is 0 Å². The number of aromatic hydroxyl groups is 1. The molecule has 1 aromatic carbocycles. The molecular weight excluding hydrogens is 230 g/mol. The van der Waals surface area contributed by atoms with Gasteiger partial charge in [0.25, 0.3) is 0 Å². The van der Waals surface area contributed by atoms with Crippen LogP contribution in [0.5, 0.6) is 5.75 Å². The Morgan fingerprint density at radius 3 is 2.83 bits per heavy atom. The van der Waals surface area contributed by atoms with Crippen LogP contribution in [0.4, 0.5) is 5.69 Å². The molecule has 0 unspecified atom stereocenters. The first-order valence-electron chi connectivity index (χ1n) is 5.76. The van der Waals surface area contributed by atoms with Gasteiger partial charge in [0.05, 0.1) is 13.2 Å². The van der Waals surface area contributed by atoms with Crippen LogP contribution >= 0.6 is 0 Å². The van der Waals surface area contributed by atoms with Gasteiger partial charge < -0.3 is 20.2 Å². The standard InChI is InChI=1S/C13H17N3O2/c1-10-3-4-11(7-12(10)17)14-13(18)8-16-6-5-15(2)9-16/h3-7,17H,8-9H2,1-2H3,(H,14,18). The second-order valence-electron chi connectivity index (χ2n) is 4.49. The molecule has 2 rings (SSSR count). The third-order valence-electron chi connectivity index (χ3n) is 2.78. The third kappa shape index (κ3) is 2.94. The molecule has 0 aliphatic carbocycles. The van der Waals surface area contributed by atoms with E-state index in [0.717, 1.165) is 5.56 Å². The molecule has 0 aromatic heterocycles. The Kier molecular flexibility index (Phi) is 3.41. The zero-order chi connectivity index (χ0) is 13.1. The Balaban J connectivity index is 1.91. The van der Waals surface area contributed by atoms with Gasteiger partial charge in [0.2, 0.25) is 5.91 Å². The van der Waals surface area contributed by atoms with Crippen molar-refractivity contribution < 1.29 is 9.90 Å². The molecule has 0 spiro atoms. The zero-order valence-corrected chi connectivity index (χ0v) is 10.6. The highest BCUT2D eigenvalue weighted by atomic mass is 16.3. The van der Waals surface area contributed by atoms with E-state index in [1.807, 2.05) is 36.2 Å². The average Bonchev–Trinajstić information content (AvgIpc) is 2.69. The van der Waals surface area contributed by atoms with E-state index in [2.05, 4.69) is 5.32 Å². The van der Waals surface area contributed by atoms with Gasteiger partial charge in [-0.15, -0.1) is 0 Å². The Hall–Kier alpha value is -2.17. The summed E-state index contributed by atoms with van der Waals surface area (Å²) in [7, 11) is 1.95. The number of rotatable bonds is 3. The van der Waals surface area contributed by atoms with Gasteiger partial charge in [-0.1, -0.05) is 6.07 Å². The predicted molar refractivity (Wildman–Crippen MR) is 69.9 cm³/mol. The van der Waals surface area contributed by atoms with Crippen molar-refractivity contribution in [1.82, 2.24) is 9.80 Å². The Morgan fingerprint density at radius 1 is 1.44 bits per heavy atom. The lowest BCUT2D eigenvalue weighted by molar-refractivity contribution is -0.116. The van der Waals surface area contributed by atoms with Crippen LogP contribution in [0, 0.1) is 6.92 Å². The maximum atomic E-state index is 11.8. The first kappa shape index (κ1) is 12.3. The lowest BCUT2D eigenvalue weighted by Gasteiger charge is -2.17. The smallest absolute Gasteiger partial charge is 0.243 e. The van der Waals surface area contributed by atoms with Crippen molar-refractivity contribution in [2.45, 2.75) is 6.92 Å². The molecule has 1 heterocycles. The fourth-order valence-corrected chi connectivity index (χ4v) is 1.76. The Morgan fingerprint density at radius 2 is 2.22 bits per heavy atom. The van der Waals surface area contributed by atoms with Crippen molar-refractivity contribution >= 4 is 11.6 Å². The van der Waals surface area contributed by atoms with Gasteiger partial charge in [-0.3, -0.25) is 4.79 Å². The lowest BCUT2D eigenvalue weighted by atomic mass is 10.2. The Bertz CT molecular complexity index is 485. The minimum Gasteiger partial charge on any atom is -0.508 e. The van der Waals surface area contributed by atoms with Crippen LogP contribution in [-0.2, 0) is 4.79 Å². The van der Waals surface area contributed by atoms with E-state index < -0.39 is 0 Å². The number of nitrogens with zero attached hydrogens (tertiary/aromatic N) is 2. The molecule has 0 saturated heterocycles. The van der Waals surface area contributed by atoms with Crippen molar-refractivity contribution in [2.75, 3.05) is 25.6 Å². The number of carbonyl (C=O) groups excluding carboxylic acids is 1. The molecule has 0 atom stereocenters. The molecule has 1 amide bonds. The molecule has 1 aliphatic rings. The quantitative estimate of drug-likeness (QED) is 0.845. The summed E-state index contributed by atoms with van der Waals surface area (Å²) in [5.41, 5.74) is 1.40. The number of carbonyl (C=O) groups is 1. The van der Waals surface area contributed by atoms with Gasteiger partial charge in [-0.05, 0) is 18.6 Å². The fourth-order valence-electron chi connectivity index (χ4n) is 1.76. The van der Waals surface area contributed by atoms with Crippen LogP contribution in [0.1, 0.15) is 5.56 Å². The van der Waals surface area contributed by atoms with Crippen molar-refractivity contribution in [3.8, 4) is 5.75 Å². The van der Waals surface area contributed by atoms with Crippen LogP contribution in [0.2, 0.25) is 0 Å². The highest BCUT2D eigenvalue weighted by Gasteiger charge is 2.12. The first-order chi connectivity index (χ1) is 8.54. The number of aryl methyl sites for hydroxylation is 1. The zero-order valence-electron chi connectivity index (χ0n) is 10.6. The first-order valence-corrected chi connectivity index (χ1v) is 5.76. The molecule has 5 nitrogen and oxygen atoms in total. The maximum Gasteiger partial charge on any atom is 0.243 e. The van der Waals surface area contributed by atoms with Crippen LogP contribution < -0.4 is 5.32 Å². The summed E-state index contributed by atoms with van der Waals surface area (Å²) in [4.78, 5) is 15.7. The fraction of sp³-hybridized carbons (Fsp3) is 0.308. The van der Waals surface area contributed by atoms with Crippen LogP contribution in [0.15, 0.2) is 30.6 Å². The summed E-state index contributed by atoms with van der Waals surface area (Å²) in [5.74, 6) is 0.0896. The topological polar surface area (TPSA) is 55.8 Å². The van der Waals surface area contributed by atoms with Crippen molar-refractivity contribution in [3.63, 3.8) is 0 Å². The van der Waals surface area contributed by atoms with Crippen molar-refractivity contribution in [3.05, 3.63) is 36.2 Å². The lowest BCUT2D eigenvalue weighted by Crippen LogP contribution is -2.31. The second kappa shape index (κ2) is 5.00. The molecule has 1 aliphatic heterocycles. The van der Waals surface area contributed by atoms with Gasteiger partial charge >= 0.3 is 0 Å². The normalized spacial score (nSPS) is 14.1. The monoisotopic (exact) mass is 247 g/mol. The minimum atomic E-state index is -0.0989. The molecule has 2 N–H and O–H groups in total. The molecule has 1 aromatic rings. The van der Waals surface area contributed by atoms with E-state index in [-0.39, 0.29) is 11.7 Å². The number of anilines is 1. The van der Waals surface area contributed by atoms with E-state index >= 15 is 0 Å². The summed E-state index contributed by atoms with van der Waals surface area (Å²) < 4.78 is 0. The summed E-state index contributed by atoms with van der Waals surface area (Å²) in [5, 5.41) is 12.3. The average molecular weight is 247 g/mol.